The summed E-state index contributed by atoms with van der Waals surface area (Å²) in [6, 6.07) is 53.9. The van der Waals surface area contributed by atoms with Crippen LogP contribution in [0, 0.1) is 0 Å². The van der Waals surface area contributed by atoms with E-state index in [0.29, 0.717) is 0 Å². The maximum Gasteiger partial charge on any atom is 0.0726 e. The quantitative estimate of drug-likeness (QED) is 0.221. The Bertz CT molecular complexity index is 2380. The summed E-state index contributed by atoms with van der Waals surface area (Å²) in [5, 5.41) is 9.14. The van der Waals surface area contributed by atoms with Crippen LogP contribution in [0.2, 0.25) is 0 Å². The van der Waals surface area contributed by atoms with Crippen molar-refractivity contribution in [2.24, 2.45) is 0 Å². The highest BCUT2D eigenvalue weighted by atomic mass is 32.1. The highest BCUT2D eigenvalue weighted by Crippen LogP contribution is 2.63. The summed E-state index contributed by atoms with van der Waals surface area (Å²) in [6.45, 7) is 0. The predicted molar refractivity (Wildman–Crippen MR) is 183 cm³/mol. The molecular formula is C41H25NS. The van der Waals surface area contributed by atoms with Gasteiger partial charge in [-0.05, 0) is 79.5 Å². The highest BCUT2D eigenvalue weighted by Gasteiger charge is 2.51. The number of hydrogen-bond acceptors (Lipinski definition) is 2. The van der Waals surface area contributed by atoms with Gasteiger partial charge >= 0.3 is 0 Å². The minimum atomic E-state index is -0.334. The Kier molecular flexibility index (Phi) is 4.59. The van der Waals surface area contributed by atoms with E-state index in [1.54, 1.807) is 0 Å². The highest BCUT2D eigenvalue weighted by molar-refractivity contribution is 7.26. The van der Waals surface area contributed by atoms with Crippen molar-refractivity contribution in [1.29, 1.82) is 0 Å². The van der Waals surface area contributed by atoms with Crippen LogP contribution in [0.25, 0.3) is 53.2 Å². The smallest absolute Gasteiger partial charge is 0.0726 e. The number of thiophene rings is 1. The largest absolute Gasteiger partial charge is 0.354 e. The van der Waals surface area contributed by atoms with Gasteiger partial charge in [-0.15, -0.1) is 11.3 Å². The fourth-order valence-electron chi connectivity index (χ4n) is 7.99. The Morgan fingerprint density at radius 1 is 0.465 bits per heavy atom. The predicted octanol–water partition coefficient (Wildman–Crippen LogP) is 11.3. The molecule has 0 amide bonds. The van der Waals surface area contributed by atoms with Gasteiger partial charge in [-0.1, -0.05) is 121 Å². The first kappa shape index (κ1) is 23.4. The van der Waals surface area contributed by atoms with Gasteiger partial charge in [0.2, 0.25) is 0 Å². The zero-order valence-electron chi connectivity index (χ0n) is 23.3. The Morgan fingerprint density at radius 2 is 1.07 bits per heavy atom. The molecule has 200 valence electrons. The second-order valence-electron chi connectivity index (χ2n) is 11.7. The van der Waals surface area contributed by atoms with Gasteiger partial charge in [-0.25, -0.2) is 0 Å². The van der Waals surface area contributed by atoms with Crippen molar-refractivity contribution in [2.75, 3.05) is 5.32 Å². The van der Waals surface area contributed by atoms with Crippen LogP contribution in [0.4, 0.5) is 11.4 Å². The lowest BCUT2D eigenvalue weighted by Crippen LogP contribution is -2.25. The van der Waals surface area contributed by atoms with E-state index in [1.165, 1.54) is 75.5 Å². The van der Waals surface area contributed by atoms with Crippen LogP contribution in [0.5, 0.6) is 0 Å². The van der Waals surface area contributed by atoms with Crippen molar-refractivity contribution in [3.8, 4) is 22.3 Å². The van der Waals surface area contributed by atoms with Crippen LogP contribution >= 0.6 is 11.3 Å². The van der Waals surface area contributed by atoms with Crippen LogP contribution in [0.1, 0.15) is 22.3 Å². The lowest BCUT2D eigenvalue weighted by molar-refractivity contribution is 0.794. The minimum Gasteiger partial charge on any atom is -0.354 e. The number of rotatable bonds is 2. The van der Waals surface area contributed by atoms with Crippen molar-refractivity contribution in [3.05, 3.63) is 168 Å². The van der Waals surface area contributed by atoms with Gasteiger partial charge in [0, 0.05) is 21.2 Å². The number of hydrogen-bond donors (Lipinski definition) is 1. The standard InChI is InChI=1S/C41H25NS/c1-2-11-27-25(10-1)20-23-38-39(27)32-15-9-19-37(40(32)43-38)42-26-21-22-31-30-14-5-8-18-35(30)41(36(31)24-26)33-16-6-3-12-28(33)29-13-4-7-17-34(29)41/h1-24,42H. The second kappa shape index (κ2) is 8.44. The molecule has 0 saturated carbocycles. The van der Waals surface area contributed by atoms with E-state index in [9.17, 15) is 0 Å². The number of benzene rings is 7. The van der Waals surface area contributed by atoms with Gasteiger partial charge in [0.1, 0.15) is 0 Å². The average Bonchev–Trinajstić information content (AvgIpc) is 3.70. The molecule has 0 saturated heterocycles. The lowest BCUT2D eigenvalue weighted by Gasteiger charge is -2.30. The summed E-state index contributed by atoms with van der Waals surface area (Å²) >= 11 is 1.88. The van der Waals surface area contributed by atoms with Crippen LogP contribution in [-0.4, -0.2) is 0 Å². The molecule has 8 aromatic rings. The first-order chi connectivity index (χ1) is 21.3. The van der Waals surface area contributed by atoms with E-state index < -0.39 is 0 Å². The molecule has 2 aliphatic carbocycles. The molecule has 10 rings (SSSR count). The fraction of sp³-hybridized carbons (Fsp3) is 0.0244. The maximum absolute atomic E-state index is 3.88. The van der Waals surface area contributed by atoms with Crippen molar-refractivity contribution < 1.29 is 0 Å². The third kappa shape index (κ3) is 2.96. The summed E-state index contributed by atoms with van der Waals surface area (Å²) in [5.41, 5.74) is 12.7. The summed E-state index contributed by atoms with van der Waals surface area (Å²) in [4.78, 5) is 0. The summed E-state index contributed by atoms with van der Waals surface area (Å²) in [7, 11) is 0. The molecule has 0 atom stereocenters. The number of anilines is 2. The molecule has 1 nitrogen and oxygen atoms in total. The average molecular weight is 564 g/mol. The summed E-state index contributed by atoms with van der Waals surface area (Å²) in [5.74, 6) is 0. The normalized spacial score (nSPS) is 13.8. The monoisotopic (exact) mass is 563 g/mol. The van der Waals surface area contributed by atoms with Crippen molar-refractivity contribution in [1.82, 2.24) is 0 Å². The molecule has 0 radical (unpaired) electrons. The van der Waals surface area contributed by atoms with Gasteiger partial charge < -0.3 is 5.32 Å². The van der Waals surface area contributed by atoms with Crippen molar-refractivity contribution in [3.63, 3.8) is 0 Å². The summed E-state index contributed by atoms with van der Waals surface area (Å²) in [6.07, 6.45) is 0. The first-order valence-corrected chi connectivity index (χ1v) is 15.7. The fourth-order valence-corrected chi connectivity index (χ4v) is 9.18. The van der Waals surface area contributed by atoms with E-state index >= 15 is 0 Å². The van der Waals surface area contributed by atoms with Gasteiger partial charge in [0.05, 0.1) is 15.8 Å². The van der Waals surface area contributed by atoms with E-state index in [4.69, 9.17) is 0 Å². The number of nitrogens with one attached hydrogen (secondary N) is 1. The Morgan fingerprint density at radius 3 is 1.79 bits per heavy atom. The third-order valence-corrected chi connectivity index (χ3v) is 10.9. The van der Waals surface area contributed by atoms with Crippen LogP contribution in [0.15, 0.2) is 146 Å². The van der Waals surface area contributed by atoms with Crippen LogP contribution < -0.4 is 5.32 Å². The van der Waals surface area contributed by atoms with E-state index in [0.717, 1.165) is 11.4 Å². The molecule has 1 heterocycles. The Hall–Kier alpha value is -5.18. The lowest BCUT2D eigenvalue weighted by atomic mass is 9.70. The molecule has 0 fully saturated rings. The molecular weight excluding hydrogens is 539 g/mol. The molecule has 0 aliphatic heterocycles. The molecule has 43 heavy (non-hydrogen) atoms. The molecule has 7 aromatic carbocycles. The minimum absolute atomic E-state index is 0.334. The molecule has 1 spiro atoms. The Balaban J connectivity index is 1.20. The molecule has 2 heteroatoms. The van der Waals surface area contributed by atoms with Crippen LogP contribution in [0.3, 0.4) is 0 Å². The SMILES string of the molecule is c1ccc2c(c1)-c1ccccc1C21c2ccccc2-c2ccc(Nc3cccc4c3sc3ccc5ccccc5c34)cc21. The van der Waals surface area contributed by atoms with E-state index in [-0.39, 0.29) is 5.41 Å². The van der Waals surface area contributed by atoms with Gasteiger partial charge in [-0.3, -0.25) is 0 Å². The zero-order chi connectivity index (χ0) is 28.1. The Labute approximate surface area is 253 Å². The second-order valence-corrected chi connectivity index (χ2v) is 12.8. The molecule has 2 aliphatic rings. The van der Waals surface area contributed by atoms with Crippen molar-refractivity contribution in [2.45, 2.75) is 5.41 Å². The van der Waals surface area contributed by atoms with Crippen LogP contribution in [-0.2, 0) is 5.41 Å². The van der Waals surface area contributed by atoms with Gasteiger partial charge in [0.25, 0.3) is 0 Å². The third-order valence-electron chi connectivity index (χ3n) is 9.66. The molecule has 1 N–H and O–H groups in total. The van der Waals surface area contributed by atoms with E-state index in [1.807, 2.05) is 11.3 Å². The summed E-state index contributed by atoms with van der Waals surface area (Å²) < 4.78 is 2.62. The maximum atomic E-state index is 3.88. The first-order valence-electron chi connectivity index (χ1n) is 14.9. The number of fused-ring (bicyclic) bond motifs is 15. The molecule has 0 unspecified atom stereocenters. The topological polar surface area (TPSA) is 12.0 Å². The van der Waals surface area contributed by atoms with Gasteiger partial charge in [-0.2, -0.15) is 0 Å². The zero-order valence-corrected chi connectivity index (χ0v) is 24.1. The van der Waals surface area contributed by atoms with Gasteiger partial charge in [0.15, 0.2) is 0 Å². The molecule has 0 bridgehead atoms. The van der Waals surface area contributed by atoms with E-state index in [2.05, 4.69) is 151 Å². The molecule has 1 aromatic heterocycles. The van der Waals surface area contributed by atoms with Crippen molar-refractivity contribution >= 4 is 53.7 Å².